The fourth-order valence-electron chi connectivity index (χ4n) is 1.41. The van der Waals surface area contributed by atoms with Crippen LogP contribution in [0.15, 0.2) is 18.2 Å². The lowest BCUT2D eigenvalue weighted by Gasteiger charge is -2.05. The van der Waals surface area contributed by atoms with Crippen molar-refractivity contribution in [2.45, 2.75) is 13.3 Å². The zero-order chi connectivity index (χ0) is 11.3. The monoisotopic (exact) mass is 226 g/mol. The van der Waals surface area contributed by atoms with E-state index in [0.717, 1.165) is 0 Å². The van der Waals surface area contributed by atoms with E-state index in [1.54, 1.807) is 21.3 Å². The third-order valence-electron chi connectivity index (χ3n) is 2.30. The van der Waals surface area contributed by atoms with Gasteiger partial charge in [-0.15, -0.1) is 0 Å². The lowest BCUT2D eigenvalue weighted by atomic mass is 10.2. The van der Waals surface area contributed by atoms with Crippen LogP contribution in [0.4, 0.5) is 0 Å². The van der Waals surface area contributed by atoms with E-state index in [1.807, 2.05) is 0 Å². The highest BCUT2D eigenvalue weighted by Gasteiger charge is 2.14. The Morgan fingerprint density at radius 3 is 1.80 bits per heavy atom. The van der Waals surface area contributed by atoms with Crippen LogP contribution < -0.4 is 0 Å². The Hall–Kier alpha value is -0.683. The molecule has 0 N–H and O–H groups in total. The SMILES string of the molecule is CCc1ccc2cc1-2.CO[SiH](OC)OC. The molecule has 0 fully saturated rings. The van der Waals surface area contributed by atoms with Crippen molar-refractivity contribution >= 4 is 9.53 Å². The third kappa shape index (κ3) is 3.42. The quantitative estimate of drug-likeness (QED) is 0.745. The molecule has 0 bridgehead atoms. The second-order valence-electron chi connectivity index (χ2n) is 3.22. The maximum atomic E-state index is 4.74. The van der Waals surface area contributed by atoms with Crippen LogP contribution in [0.3, 0.4) is 0 Å². The number of hydrogen-bond donors (Lipinski definition) is 0. The molecule has 3 nitrogen and oxygen atoms in total. The molecule has 2 aliphatic carbocycles. The second kappa shape index (κ2) is 6.02. The fourth-order valence-corrected chi connectivity index (χ4v) is 1.99. The fraction of sp³-hybridized carbons (Fsp3) is 0.455. The molecule has 2 aliphatic rings. The van der Waals surface area contributed by atoms with Gasteiger partial charge in [-0.05, 0) is 29.2 Å². The molecule has 0 radical (unpaired) electrons. The number of hydrogen-bond acceptors (Lipinski definition) is 3. The van der Waals surface area contributed by atoms with Crippen LogP contribution >= 0.6 is 0 Å². The van der Waals surface area contributed by atoms with Crippen molar-refractivity contribution in [3.63, 3.8) is 0 Å². The summed E-state index contributed by atoms with van der Waals surface area (Å²) >= 11 is 0. The van der Waals surface area contributed by atoms with Crippen LogP contribution in [0.5, 0.6) is 0 Å². The lowest BCUT2D eigenvalue weighted by Crippen LogP contribution is -2.21. The number of benzene rings is 1. The van der Waals surface area contributed by atoms with Crippen LogP contribution in [-0.4, -0.2) is 30.9 Å². The predicted molar refractivity (Wildman–Crippen MR) is 63.0 cm³/mol. The molecular weight excluding hydrogens is 208 g/mol. The molecule has 4 heteroatoms. The van der Waals surface area contributed by atoms with Gasteiger partial charge in [0, 0.05) is 21.3 Å². The van der Waals surface area contributed by atoms with E-state index in [2.05, 4.69) is 25.1 Å². The number of aryl methyl sites for hydroxylation is 1. The average molecular weight is 226 g/mol. The van der Waals surface area contributed by atoms with Gasteiger partial charge in [0.25, 0.3) is 0 Å². The second-order valence-corrected chi connectivity index (χ2v) is 5.21. The minimum Gasteiger partial charge on any atom is -0.379 e. The summed E-state index contributed by atoms with van der Waals surface area (Å²) in [6, 6.07) is 6.64. The molecule has 0 aromatic heterocycles. The standard InChI is InChI=1S/C8H8.C3H10O3Si/c1-2-6-3-4-7-5-8(6)7;1-4-7(5-2)6-3/h3-5H,2H2,1H3;7H,1-3H3. The summed E-state index contributed by atoms with van der Waals surface area (Å²) in [5.41, 5.74) is 4.48. The van der Waals surface area contributed by atoms with Crippen LogP contribution in [0.1, 0.15) is 12.5 Å². The predicted octanol–water partition coefficient (Wildman–Crippen LogP) is 1.87. The highest BCUT2D eigenvalue weighted by atomic mass is 28.3. The molecule has 0 amide bonds. The molecule has 0 aromatic rings. The zero-order valence-corrected chi connectivity index (χ0v) is 10.9. The summed E-state index contributed by atoms with van der Waals surface area (Å²) in [6.07, 6.45) is 1.19. The minimum absolute atomic E-state index is 1.19. The topological polar surface area (TPSA) is 27.7 Å². The van der Waals surface area contributed by atoms with Gasteiger partial charge in [0.1, 0.15) is 0 Å². The summed E-state index contributed by atoms with van der Waals surface area (Å²) in [7, 11) is 3.05. The van der Waals surface area contributed by atoms with Crippen LogP contribution in [0, 0.1) is 0 Å². The molecule has 0 aromatic carbocycles. The normalized spacial score (nSPS) is 11.0. The smallest absolute Gasteiger partial charge is 0.379 e. The van der Waals surface area contributed by atoms with E-state index in [1.165, 1.54) is 23.1 Å². The van der Waals surface area contributed by atoms with Gasteiger partial charge >= 0.3 is 9.53 Å². The first-order valence-electron chi connectivity index (χ1n) is 4.98. The Balaban J connectivity index is 0.000000153. The molecule has 0 atom stereocenters. The molecular formula is C11H18O3Si. The Bertz CT molecular complexity index is 305. The first-order valence-corrected chi connectivity index (χ1v) is 6.39. The van der Waals surface area contributed by atoms with Crippen LogP contribution in [0.2, 0.25) is 0 Å². The summed E-state index contributed by atoms with van der Waals surface area (Å²) in [4.78, 5) is 0. The molecule has 2 rings (SSSR count). The van der Waals surface area contributed by atoms with Crippen molar-refractivity contribution in [1.82, 2.24) is 0 Å². The van der Waals surface area contributed by atoms with Gasteiger partial charge in [-0.2, -0.15) is 0 Å². The van der Waals surface area contributed by atoms with Crippen molar-refractivity contribution in [2.24, 2.45) is 0 Å². The van der Waals surface area contributed by atoms with E-state index in [-0.39, 0.29) is 0 Å². The summed E-state index contributed by atoms with van der Waals surface area (Å²) < 4.78 is 14.2. The van der Waals surface area contributed by atoms with Gasteiger partial charge in [-0.25, -0.2) is 0 Å². The third-order valence-corrected chi connectivity index (χ3v) is 3.45. The van der Waals surface area contributed by atoms with Gasteiger partial charge in [0.2, 0.25) is 0 Å². The summed E-state index contributed by atoms with van der Waals surface area (Å²) in [5.74, 6) is 0. The van der Waals surface area contributed by atoms with Gasteiger partial charge in [0.05, 0.1) is 0 Å². The van der Waals surface area contributed by atoms with Crippen LogP contribution in [-0.2, 0) is 19.7 Å². The molecule has 0 saturated carbocycles. The molecule has 0 saturated heterocycles. The summed E-state index contributed by atoms with van der Waals surface area (Å²) in [6.45, 7) is 2.20. The highest BCUT2D eigenvalue weighted by molar-refractivity contribution is 6.36. The van der Waals surface area contributed by atoms with Crippen molar-refractivity contribution in [3.05, 3.63) is 23.8 Å². The van der Waals surface area contributed by atoms with Gasteiger partial charge in [0.15, 0.2) is 0 Å². The van der Waals surface area contributed by atoms with Crippen molar-refractivity contribution in [1.29, 1.82) is 0 Å². The first-order chi connectivity index (χ1) is 7.26. The lowest BCUT2D eigenvalue weighted by molar-refractivity contribution is 0.163. The van der Waals surface area contributed by atoms with E-state index in [9.17, 15) is 0 Å². The first kappa shape index (κ1) is 12.4. The average Bonchev–Trinajstić information content (AvgIpc) is 2.94. The largest absolute Gasteiger partial charge is 0.483 e. The van der Waals surface area contributed by atoms with E-state index in [0.29, 0.717) is 0 Å². The molecule has 0 spiro atoms. The van der Waals surface area contributed by atoms with E-state index >= 15 is 0 Å². The Morgan fingerprint density at radius 1 is 1.07 bits per heavy atom. The molecule has 84 valence electrons. The molecule has 0 heterocycles. The maximum absolute atomic E-state index is 4.74. The van der Waals surface area contributed by atoms with Crippen molar-refractivity contribution in [2.75, 3.05) is 21.3 Å². The summed E-state index contributed by atoms with van der Waals surface area (Å²) in [5, 5.41) is 0. The Morgan fingerprint density at radius 2 is 1.67 bits per heavy atom. The number of fused-ring (bicyclic) bond motifs is 1. The highest BCUT2D eigenvalue weighted by Crippen LogP contribution is 2.38. The van der Waals surface area contributed by atoms with Crippen molar-refractivity contribution in [3.8, 4) is 11.1 Å². The molecule has 0 unspecified atom stereocenters. The maximum Gasteiger partial charge on any atom is 0.483 e. The Labute approximate surface area is 92.9 Å². The molecule has 0 aliphatic heterocycles. The van der Waals surface area contributed by atoms with Crippen LogP contribution in [0.25, 0.3) is 11.1 Å². The number of rotatable bonds is 4. The zero-order valence-electron chi connectivity index (χ0n) is 9.74. The Kier molecular flexibility index (Phi) is 4.97. The minimum atomic E-state index is -1.67. The van der Waals surface area contributed by atoms with Gasteiger partial charge in [-0.3, -0.25) is 0 Å². The van der Waals surface area contributed by atoms with Crippen molar-refractivity contribution < 1.29 is 13.3 Å². The van der Waals surface area contributed by atoms with Gasteiger partial charge in [-0.1, -0.05) is 19.1 Å². The molecule has 15 heavy (non-hydrogen) atoms. The van der Waals surface area contributed by atoms with Gasteiger partial charge < -0.3 is 13.3 Å². The van der Waals surface area contributed by atoms with E-state index in [4.69, 9.17) is 13.3 Å². The van der Waals surface area contributed by atoms with E-state index < -0.39 is 9.53 Å².